The van der Waals surface area contributed by atoms with Crippen molar-refractivity contribution in [2.45, 2.75) is 71.7 Å². The molecule has 0 saturated heterocycles. The molecule has 3 N–H and O–H groups in total. The van der Waals surface area contributed by atoms with Gasteiger partial charge in [-0.05, 0) is 71.2 Å². The molecule has 2 rings (SSSR count). The van der Waals surface area contributed by atoms with Crippen LogP contribution in [0.3, 0.4) is 0 Å². The molecule has 0 bridgehead atoms. The van der Waals surface area contributed by atoms with Gasteiger partial charge in [0, 0.05) is 17.1 Å². The zero-order valence-electron chi connectivity index (χ0n) is 23.5. The second-order valence-corrected chi connectivity index (χ2v) is 10.5. The number of benzene rings is 2. The quantitative estimate of drug-likeness (QED) is 0.308. The first-order valence-electron chi connectivity index (χ1n) is 13.1. The Bertz CT molecular complexity index is 1150. The number of aryl methyl sites for hydroxylation is 1. The molecule has 0 fully saturated rings. The van der Waals surface area contributed by atoms with Crippen molar-refractivity contribution in [3.05, 3.63) is 64.7 Å². The highest BCUT2D eigenvalue weighted by Gasteiger charge is 2.27. The maximum absolute atomic E-state index is 13.1. The highest BCUT2D eigenvalue weighted by atomic mass is 35.5. The van der Waals surface area contributed by atoms with Gasteiger partial charge in [-0.15, -0.1) is 0 Å². The summed E-state index contributed by atoms with van der Waals surface area (Å²) in [7, 11) is 0. The molecule has 0 aliphatic carbocycles. The van der Waals surface area contributed by atoms with Crippen molar-refractivity contribution in [3.8, 4) is 5.75 Å². The average molecular weight is 576 g/mol. The van der Waals surface area contributed by atoms with Crippen molar-refractivity contribution in [1.82, 2.24) is 16.0 Å². The molecule has 0 aromatic heterocycles. The van der Waals surface area contributed by atoms with Crippen LogP contribution in [0.5, 0.6) is 5.75 Å². The number of amides is 3. The molecule has 11 heteroatoms. The Balaban J connectivity index is 2.01. The van der Waals surface area contributed by atoms with Gasteiger partial charge in [-0.2, -0.15) is 0 Å². The van der Waals surface area contributed by atoms with Crippen molar-refractivity contribution >= 4 is 35.5 Å². The topological polar surface area (TPSA) is 132 Å². The van der Waals surface area contributed by atoms with Gasteiger partial charge in [-0.3, -0.25) is 9.59 Å². The van der Waals surface area contributed by atoms with Crippen LogP contribution in [0.4, 0.5) is 4.79 Å². The normalized spacial score (nSPS) is 12.4. The van der Waals surface area contributed by atoms with E-state index in [-0.39, 0.29) is 19.8 Å². The second kappa shape index (κ2) is 15.7. The van der Waals surface area contributed by atoms with Crippen LogP contribution in [0.15, 0.2) is 48.5 Å². The van der Waals surface area contributed by atoms with Gasteiger partial charge >= 0.3 is 12.1 Å². The van der Waals surface area contributed by atoms with Crippen molar-refractivity contribution in [3.63, 3.8) is 0 Å². The number of nitrogens with one attached hydrogen (secondary N) is 3. The van der Waals surface area contributed by atoms with E-state index >= 15 is 0 Å². The van der Waals surface area contributed by atoms with Crippen LogP contribution in [-0.2, 0) is 36.8 Å². The molecule has 0 heterocycles. The van der Waals surface area contributed by atoms with Crippen LogP contribution in [0.1, 0.15) is 52.2 Å². The van der Waals surface area contributed by atoms with Crippen LogP contribution in [-0.4, -0.2) is 54.8 Å². The van der Waals surface area contributed by atoms with E-state index in [1.54, 1.807) is 45.9 Å². The summed E-state index contributed by atoms with van der Waals surface area (Å²) in [6.07, 6.45) is 0.0975. The van der Waals surface area contributed by atoms with Crippen molar-refractivity contribution in [2.24, 2.45) is 0 Å². The molecule has 0 saturated carbocycles. The third-order valence-electron chi connectivity index (χ3n) is 5.45. The van der Waals surface area contributed by atoms with Crippen molar-refractivity contribution < 1.29 is 33.4 Å². The molecule has 0 aliphatic heterocycles. The lowest BCUT2D eigenvalue weighted by Gasteiger charge is -2.24. The van der Waals surface area contributed by atoms with Crippen molar-refractivity contribution in [2.75, 3.05) is 13.2 Å². The van der Waals surface area contributed by atoms with Gasteiger partial charge < -0.3 is 30.2 Å². The third-order valence-corrected chi connectivity index (χ3v) is 5.69. The van der Waals surface area contributed by atoms with E-state index in [9.17, 15) is 19.2 Å². The number of halogens is 1. The minimum atomic E-state index is -0.930. The average Bonchev–Trinajstić information content (AvgIpc) is 2.88. The summed E-state index contributed by atoms with van der Waals surface area (Å²) in [6, 6.07) is 12.5. The van der Waals surface area contributed by atoms with Crippen LogP contribution >= 0.6 is 11.6 Å². The fraction of sp³-hybridized carbons (Fsp3) is 0.448. The van der Waals surface area contributed by atoms with Crippen LogP contribution in [0.2, 0.25) is 5.02 Å². The maximum Gasteiger partial charge on any atom is 0.408 e. The first-order chi connectivity index (χ1) is 18.9. The Morgan fingerprint density at radius 2 is 1.68 bits per heavy atom. The molecule has 10 nitrogen and oxygen atoms in total. The summed E-state index contributed by atoms with van der Waals surface area (Å²) in [4.78, 5) is 50.0. The van der Waals surface area contributed by atoms with Crippen LogP contribution in [0, 0.1) is 0 Å². The predicted octanol–water partition coefficient (Wildman–Crippen LogP) is 3.93. The lowest BCUT2D eigenvalue weighted by atomic mass is 10.0. The Hall–Kier alpha value is -3.79. The predicted molar refractivity (Wildman–Crippen MR) is 151 cm³/mol. The largest absolute Gasteiger partial charge is 0.482 e. The Morgan fingerprint density at radius 3 is 2.33 bits per heavy atom. The number of rotatable bonds is 13. The molecule has 0 radical (unpaired) electrons. The van der Waals surface area contributed by atoms with Gasteiger partial charge in [-0.1, -0.05) is 41.9 Å². The zero-order chi connectivity index (χ0) is 29.7. The number of hydrogen-bond donors (Lipinski definition) is 3. The second-order valence-electron chi connectivity index (χ2n) is 10.0. The van der Waals surface area contributed by atoms with Gasteiger partial charge in [0.15, 0.2) is 6.61 Å². The summed E-state index contributed by atoms with van der Waals surface area (Å²) in [5, 5.41) is 8.43. The summed E-state index contributed by atoms with van der Waals surface area (Å²) in [5.74, 6) is -1.16. The third kappa shape index (κ3) is 11.9. The SMILES string of the molecule is CCOC(=O)COc1ccc(Cl)cc1CNC(=O)[C@H](C)NC(=O)[C@@H](CCc1ccccc1)NC(=O)OC(C)(C)C. The van der Waals surface area contributed by atoms with E-state index in [0.717, 1.165) is 5.56 Å². The highest BCUT2D eigenvalue weighted by molar-refractivity contribution is 6.30. The van der Waals surface area contributed by atoms with E-state index < -0.39 is 41.6 Å². The molecule has 218 valence electrons. The first kappa shape index (κ1) is 32.4. The minimum Gasteiger partial charge on any atom is -0.482 e. The Labute approximate surface area is 240 Å². The van der Waals surface area contributed by atoms with Gasteiger partial charge in [-0.25, -0.2) is 9.59 Å². The number of carbonyl (C=O) groups excluding carboxylic acids is 4. The molecule has 0 spiro atoms. The summed E-state index contributed by atoms with van der Waals surface area (Å²) >= 11 is 6.10. The Morgan fingerprint density at radius 1 is 0.975 bits per heavy atom. The number of esters is 1. The zero-order valence-corrected chi connectivity index (χ0v) is 24.3. The molecular formula is C29H38ClN3O7. The number of carbonyl (C=O) groups is 4. The van der Waals surface area contributed by atoms with Gasteiger partial charge in [0.25, 0.3) is 0 Å². The number of hydrogen-bond acceptors (Lipinski definition) is 7. The van der Waals surface area contributed by atoms with Gasteiger partial charge in [0.05, 0.1) is 6.61 Å². The standard InChI is InChI=1S/C29H38ClN3O7/c1-6-38-25(34)18-39-24-15-13-22(30)16-21(24)17-31-26(35)19(2)32-27(36)23(33-28(37)40-29(3,4)5)14-12-20-10-8-7-9-11-20/h7-11,13,15-16,19,23H,6,12,14,17-18H2,1-5H3,(H,31,35)(H,32,36)(H,33,37)/t19-,23+/m0/s1. The van der Waals surface area contributed by atoms with Gasteiger partial charge in [0.1, 0.15) is 23.4 Å². The van der Waals surface area contributed by atoms with E-state index in [1.165, 1.54) is 6.92 Å². The first-order valence-corrected chi connectivity index (χ1v) is 13.4. The van der Waals surface area contributed by atoms with E-state index in [2.05, 4.69) is 16.0 Å². The fourth-order valence-corrected chi connectivity index (χ4v) is 3.75. The molecule has 2 aromatic rings. The molecule has 0 aliphatic rings. The summed E-state index contributed by atoms with van der Waals surface area (Å²) in [6.45, 7) is 8.38. The molecule has 2 atom stereocenters. The lowest BCUT2D eigenvalue weighted by Crippen LogP contribution is -2.53. The molecular weight excluding hydrogens is 538 g/mol. The molecule has 3 amide bonds. The monoisotopic (exact) mass is 575 g/mol. The highest BCUT2D eigenvalue weighted by Crippen LogP contribution is 2.23. The fourth-order valence-electron chi connectivity index (χ4n) is 3.56. The number of ether oxygens (including phenoxy) is 3. The molecule has 2 aromatic carbocycles. The molecule has 0 unspecified atom stereocenters. The van der Waals surface area contributed by atoms with E-state index in [1.807, 2.05) is 30.3 Å². The lowest BCUT2D eigenvalue weighted by molar-refractivity contribution is -0.145. The van der Waals surface area contributed by atoms with E-state index in [4.69, 9.17) is 25.8 Å². The van der Waals surface area contributed by atoms with Crippen LogP contribution < -0.4 is 20.7 Å². The van der Waals surface area contributed by atoms with Crippen LogP contribution in [0.25, 0.3) is 0 Å². The Kier molecular flexibility index (Phi) is 12.7. The minimum absolute atomic E-state index is 0.0331. The van der Waals surface area contributed by atoms with E-state index in [0.29, 0.717) is 29.2 Å². The number of alkyl carbamates (subject to hydrolysis) is 1. The van der Waals surface area contributed by atoms with Crippen molar-refractivity contribution in [1.29, 1.82) is 0 Å². The summed E-state index contributed by atoms with van der Waals surface area (Å²) in [5.41, 5.74) is 0.798. The maximum atomic E-state index is 13.1. The summed E-state index contributed by atoms with van der Waals surface area (Å²) < 4.78 is 15.7. The van der Waals surface area contributed by atoms with Gasteiger partial charge in [0.2, 0.25) is 11.8 Å². The molecule has 40 heavy (non-hydrogen) atoms. The smallest absolute Gasteiger partial charge is 0.408 e.